The van der Waals surface area contributed by atoms with E-state index in [-0.39, 0.29) is 32.7 Å². The molecule has 0 spiro atoms. The van der Waals surface area contributed by atoms with Gasteiger partial charge in [-0.05, 0) is 0 Å². The molecule has 0 nitrogen and oxygen atoms in total. The Labute approximate surface area is 218 Å². The third-order valence-corrected chi connectivity index (χ3v) is 17.3. The van der Waals surface area contributed by atoms with Gasteiger partial charge < -0.3 is 24.8 Å². The SMILES string of the molecule is CCCP(CCC)C1=Cc2ccccc2[CH]1[Hf+2][CH]1c2ccccc2-c2ccccc21.[Cl-].[Cl-]. The third kappa shape index (κ3) is 4.74. The van der Waals surface area contributed by atoms with E-state index < -0.39 is 22.9 Å². The van der Waals surface area contributed by atoms with Crippen molar-refractivity contribution in [2.75, 3.05) is 12.3 Å². The van der Waals surface area contributed by atoms with Gasteiger partial charge in [-0.2, -0.15) is 0 Å². The van der Waals surface area contributed by atoms with E-state index in [1.165, 1.54) is 41.9 Å². The topological polar surface area (TPSA) is 0 Å². The minimum Gasteiger partial charge on any atom is -1.00 e. The van der Waals surface area contributed by atoms with Crippen LogP contribution in [0.25, 0.3) is 17.2 Å². The first kappa shape index (κ1) is 25.9. The molecule has 32 heavy (non-hydrogen) atoms. The van der Waals surface area contributed by atoms with Gasteiger partial charge in [0.25, 0.3) is 0 Å². The summed E-state index contributed by atoms with van der Waals surface area (Å²) in [6.45, 7) is 4.74. The summed E-state index contributed by atoms with van der Waals surface area (Å²) in [5.41, 5.74) is 9.38. The molecule has 0 fully saturated rings. The average molecular weight is 646 g/mol. The Kier molecular flexibility index (Phi) is 9.40. The van der Waals surface area contributed by atoms with Crippen molar-refractivity contribution in [3.05, 3.63) is 100 Å². The second kappa shape index (κ2) is 11.6. The van der Waals surface area contributed by atoms with Crippen LogP contribution >= 0.6 is 7.92 Å². The molecule has 0 aromatic heterocycles. The number of allylic oxidation sites excluding steroid dienone is 1. The maximum Gasteiger partial charge on any atom is -1.00 e. The summed E-state index contributed by atoms with van der Waals surface area (Å²) in [6, 6.07) is 27.7. The van der Waals surface area contributed by atoms with Gasteiger partial charge in [0.1, 0.15) is 0 Å². The largest absolute Gasteiger partial charge is 1.00 e. The molecule has 4 heteroatoms. The number of benzene rings is 3. The van der Waals surface area contributed by atoms with Gasteiger partial charge in [0.2, 0.25) is 0 Å². The van der Waals surface area contributed by atoms with Crippen molar-refractivity contribution in [1.82, 2.24) is 0 Å². The van der Waals surface area contributed by atoms with Crippen LogP contribution in [-0.4, -0.2) is 12.3 Å². The molecule has 0 saturated heterocycles. The van der Waals surface area contributed by atoms with Gasteiger partial charge in [0, 0.05) is 0 Å². The molecule has 2 aliphatic rings. The minimum absolute atomic E-state index is 0. The fourth-order valence-electron chi connectivity index (χ4n) is 5.17. The molecule has 3 aromatic carbocycles. The molecule has 1 unspecified atom stereocenters. The van der Waals surface area contributed by atoms with Crippen molar-refractivity contribution in [3.63, 3.8) is 0 Å². The molecule has 5 rings (SSSR count). The van der Waals surface area contributed by atoms with Gasteiger partial charge in [-0.3, -0.25) is 0 Å². The van der Waals surface area contributed by atoms with Crippen molar-refractivity contribution in [2.24, 2.45) is 0 Å². The van der Waals surface area contributed by atoms with Crippen molar-refractivity contribution in [3.8, 4) is 11.1 Å². The molecule has 0 saturated carbocycles. The molecule has 0 heterocycles. The Morgan fingerprint density at radius 3 is 1.72 bits per heavy atom. The van der Waals surface area contributed by atoms with Gasteiger partial charge >= 0.3 is 195 Å². The van der Waals surface area contributed by atoms with Crippen LogP contribution in [0.5, 0.6) is 0 Å². The van der Waals surface area contributed by atoms with Crippen molar-refractivity contribution < 1.29 is 47.7 Å². The first-order chi connectivity index (χ1) is 14.8. The van der Waals surface area contributed by atoms with E-state index in [1.807, 2.05) is 5.31 Å². The molecule has 0 N–H and O–H groups in total. The van der Waals surface area contributed by atoms with Crippen LogP contribution < -0.4 is 24.8 Å². The summed E-state index contributed by atoms with van der Waals surface area (Å²) in [5.74, 6) is 0. The fourth-order valence-corrected chi connectivity index (χ4v) is 17.2. The molecule has 3 aromatic rings. The molecular weight excluding hydrogens is 617 g/mol. The summed E-state index contributed by atoms with van der Waals surface area (Å²) >= 11 is -1.09. The van der Waals surface area contributed by atoms with E-state index in [9.17, 15) is 0 Å². The predicted octanol–water partition coefficient (Wildman–Crippen LogP) is 2.24. The molecule has 1 atom stereocenters. The Bertz CT molecular complexity index is 1040. The van der Waals surface area contributed by atoms with Crippen molar-refractivity contribution in [1.29, 1.82) is 0 Å². The van der Waals surface area contributed by atoms with Crippen LogP contribution in [0.15, 0.2) is 78.1 Å². The van der Waals surface area contributed by atoms with E-state index in [1.54, 1.807) is 16.7 Å². The van der Waals surface area contributed by atoms with Crippen LogP contribution in [0, 0.1) is 0 Å². The van der Waals surface area contributed by atoms with Gasteiger partial charge in [-0.1, -0.05) is 0 Å². The molecule has 0 aliphatic heterocycles. The van der Waals surface area contributed by atoms with Crippen LogP contribution in [0.2, 0.25) is 0 Å². The Morgan fingerprint density at radius 2 is 1.16 bits per heavy atom. The summed E-state index contributed by atoms with van der Waals surface area (Å²) in [4.78, 5) is 0. The van der Waals surface area contributed by atoms with Gasteiger partial charge in [0.15, 0.2) is 0 Å². The van der Waals surface area contributed by atoms with Gasteiger partial charge in [-0.15, -0.1) is 0 Å². The quantitative estimate of drug-likeness (QED) is 0.274. The Balaban J connectivity index is 0.00000144. The van der Waals surface area contributed by atoms with Crippen molar-refractivity contribution in [2.45, 2.75) is 34.0 Å². The second-order valence-electron chi connectivity index (χ2n) is 8.39. The smallest absolute Gasteiger partial charge is 1.00 e. The molecular formula is C28H29Cl2HfP. The Hall–Kier alpha value is -0.720. The molecule has 0 amide bonds. The van der Waals surface area contributed by atoms with E-state index in [0.29, 0.717) is 3.67 Å². The van der Waals surface area contributed by atoms with Crippen LogP contribution in [0.3, 0.4) is 0 Å². The average Bonchev–Trinajstić information content (AvgIpc) is 3.31. The number of hydrogen-bond donors (Lipinski definition) is 0. The van der Waals surface area contributed by atoms with E-state index in [0.717, 1.165) is 3.67 Å². The molecule has 164 valence electrons. The van der Waals surface area contributed by atoms with E-state index >= 15 is 0 Å². The number of halogens is 2. The number of rotatable bonds is 7. The second-order valence-corrected chi connectivity index (χ2v) is 16.2. The number of hydrogen-bond acceptors (Lipinski definition) is 0. The fraction of sp³-hybridized carbons (Fsp3) is 0.286. The van der Waals surface area contributed by atoms with Gasteiger partial charge in [0.05, 0.1) is 0 Å². The molecule has 0 bridgehead atoms. The summed E-state index contributed by atoms with van der Waals surface area (Å²) in [6.07, 6.45) is 8.06. The molecule has 2 aliphatic carbocycles. The van der Waals surface area contributed by atoms with E-state index in [4.69, 9.17) is 0 Å². The zero-order valence-electron chi connectivity index (χ0n) is 18.7. The zero-order valence-corrected chi connectivity index (χ0v) is 24.7. The maximum absolute atomic E-state index is 2.62. The number of fused-ring (bicyclic) bond motifs is 4. The maximum atomic E-state index is 2.62. The third-order valence-electron chi connectivity index (χ3n) is 6.43. The normalized spacial score (nSPS) is 15.7. The Morgan fingerprint density at radius 1 is 0.656 bits per heavy atom. The van der Waals surface area contributed by atoms with Crippen LogP contribution in [-0.2, 0) is 22.9 Å². The first-order valence-electron chi connectivity index (χ1n) is 11.3. The monoisotopic (exact) mass is 646 g/mol. The first-order valence-corrected chi connectivity index (χ1v) is 17.2. The van der Waals surface area contributed by atoms with E-state index in [2.05, 4.69) is 92.7 Å². The minimum atomic E-state index is -1.09. The zero-order chi connectivity index (χ0) is 20.5. The van der Waals surface area contributed by atoms with Crippen LogP contribution in [0.1, 0.15) is 56.3 Å². The predicted molar refractivity (Wildman–Crippen MR) is 128 cm³/mol. The van der Waals surface area contributed by atoms with Crippen LogP contribution in [0.4, 0.5) is 0 Å². The summed E-state index contributed by atoms with van der Waals surface area (Å²) < 4.78 is 1.45. The standard InChI is InChI=1S/C15H20P.C13H9.2ClH.Hf/c1-3-9-16(10-4-2)15-11-13-7-5-6-8-14(13)12-15;1-3-7-12-10(5-1)9-11-6-2-4-8-13(11)12;;;/h5-8,11-12H,3-4,9-10H2,1-2H3;1-9H;2*1H;/q;;;;+2/p-2. The van der Waals surface area contributed by atoms with Gasteiger partial charge in [-0.25, -0.2) is 0 Å². The van der Waals surface area contributed by atoms with Crippen molar-refractivity contribution >= 4 is 14.0 Å². The molecule has 0 radical (unpaired) electrons. The summed E-state index contributed by atoms with van der Waals surface area (Å²) in [7, 11) is 0.00728. The summed E-state index contributed by atoms with van der Waals surface area (Å²) in [5, 5.41) is 1.85.